The van der Waals surface area contributed by atoms with Crippen molar-refractivity contribution in [2.45, 2.75) is 24.8 Å². The van der Waals surface area contributed by atoms with Crippen LogP contribution in [0.3, 0.4) is 0 Å². The van der Waals surface area contributed by atoms with Crippen molar-refractivity contribution in [3.8, 4) is 17.2 Å². The second-order valence-corrected chi connectivity index (χ2v) is 8.98. The minimum absolute atomic E-state index is 0.0131. The third-order valence-electron chi connectivity index (χ3n) is 4.72. The summed E-state index contributed by atoms with van der Waals surface area (Å²) in [7, 11) is 0.593. The summed E-state index contributed by atoms with van der Waals surface area (Å²) in [5.41, 5.74) is 0.791. The lowest BCUT2D eigenvalue weighted by Crippen LogP contribution is -2.41. The van der Waals surface area contributed by atoms with Gasteiger partial charge in [0.05, 0.1) is 43.8 Å². The summed E-state index contributed by atoms with van der Waals surface area (Å²) in [5.74, 6) is 1.04. The Morgan fingerprint density at radius 2 is 1.65 bits per heavy atom. The van der Waals surface area contributed by atoms with Crippen LogP contribution in [0.15, 0.2) is 41.3 Å². The molecule has 170 valence electrons. The molecule has 0 aliphatic rings. The summed E-state index contributed by atoms with van der Waals surface area (Å²) < 4.78 is 42.6. The molecule has 8 nitrogen and oxygen atoms in total. The molecule has 0 aromatic heterocycles. The van der Waals surface area contributed by atoms with Crippen LogP contribution < -0.4 is 19.5 Å². The molecule has 0 fully saturated rings. The van der Waals surface area contributed by atoms with Crippen LogP contribution in [-0.4, -0.2) is 53.0 Å². The number of halogens is 1. The molecule has 0 bridgehead atoms. The van der Waals surface area contributed by atoms with Crippen molar-refractivity contribution in [2.24, 2.45) is 0 Å². The maximum absolute atomic E-state index is 13.0. The number of amides is 1. The Kier molecular flexibility index (Phi) is 8.55. The summed E-state index contributed by atoms with van der Waals surface area (Å²) >= 11 is 6.07. The van der Waals surface area contributed by atoms with Gasteiger partial charge < -0.3 is 19.5 Å². The smallest absolute Gasteiger partial charge is 0.243 e. The molecule has 0 unspecified atom stereocenters. The summed E-state index contributed by atoms with van der Waals surface area (Å²) in [4.78, 5) is 12.6. The van der Waals surface area contributed by atoms with E-state index in [0.29, 0.717) is 17.2 Å². The fourth-order valence-corrected chi connectivity index (χ4v) is 4.73. The van der Waals surface area contributed by atoms with Crippen LogP contribution in [0.5, 0.6) is 17.2 Å². The van der Waals surface area contributed by atoms with Crippen LogP contribution >= 0.6 is 11.6 Å². The maximum atomic E-state index is 13.0. The van der Waals surface area contributed by atoms with Gasteiger partial charge in [0.15, 0.2) is 11.5 Å². The van der Waals surface area contributed by atoms with Crippen LogP contribution in [0, 0.1) is 0 Å². The summed E-state index contributed by atoms with van der Waals surface area (Å²) in [5, 5.41) is 2.99. The standard InChI is InChI=1S/C21H27ClN2O6S/c1-6-24(31(26,27)16-8-10-18(28-3)17(22)12-16)13-21(25)23-14(2)15-7-9-19(29-4)20(11-15)30-5/h7-12,14H,6,13H2,1-5H3,(H,23,25)/t14-/m0/s1. The van der Waals surface area contributed by atoms with Gasteiger partial charge >= 0.3 is 0 Å². The third-order valence-corrected chi connectivity index (χ3v) is 6.93. The van der Waals surface area contributed by atoms with Crippen molar-refractivity contribution in [2.75, 3.05) is 34.4 Å². The highest BCUT2D eigenvalue weighted by Crippen LogP contribution is 2.30. The van der Waals surface area contributed by atoms with E-state index in [1.165, 1.54) is 32.4 Å². The fourth-order valence-electron chi connectivity index (χ4n) is 2.98. The molecule has 1 N–H and O–H groups in total. The lowest BCUT2D eigenvalue weighted by atomic mass is 10.1. The van der Waals surface area contributed by atoms with Crippen molar-refractivity contribution < 1.29 is 27.4 Å². The Morgan fingerprint density at radius 3 is 2.19 bits per heavy atom. The number of sulfonamides is 1. The first-order valence-electron chi connectivity index (χ1n) is 9.52. The molecule has 0 spiro atoms. The highest BCUT2D eigenvalue weighted by molar-refractivity contribution is 7.89. The van der Waals surface area contributed by atoms with Crippen LogP contribution in [0.25, 0.3) is 0 Å². The number of benzene rings is 2. The molecule has 0 saturated carbocycles. The van der Waals surface area contributed by atoms with Gasteiger partial charge in [0.25, 0.3) is 0 Å². The zero-order valence-corrected chi connectivity index (χ0v) is 19.7. The molecular formula is C21H27ClN2O6S. The van der Waals surface area contributed by atoms with Crippen LogP contribution in [0.2, 0.25) is 5.02 Å². The number of rotatable bonds is 10. The number of hydrogen-bond acceptors (Lipinski definition) is 6. The number of methoxy groups -OCH3 is 3. The van der Waals surface area contributed by atoms with Gasteiger partial charge in [0.2, 0.25) is 15.9 Å². The Balaban J connectivity index is 2.14. The highest BCUT2D eigenvalue weighted by atomic mass is 35.5. The molecule has 2 rings (SSSR count). The number of hydrogen-bond donors (Lipinski definition) is 1. The van der Waals surface area contributed by atoms with Crippen molar-refractivity contribution in [1.82, 2.24) is 9.62 Å². The Labute approximate surface area is 188 Å². The first kappa shape index (κ1) is 24.8. The zero-order valence-electron chi connectivity index (χ0n) is 18.1. The van der Waals surface area contributed by atoms with E-state index in [-0.39, 0.29) is 29.0 Å². The van der Waals surface area contributed by atoms with Gasteiger partial charge in [-0.05, 0) is 42.8 Å². The largest absolute Gasteiger partial charge is 0.495 e. The summed E-state index contributed by atoms with van der Waals surface area (Å²) in [6, 6.07) is 9.12. The highest BCUT2D eigenvalue weighted by Gasteiger charge is 2.26. The number of carbonyl (C=O) groups is 1. The number of nitrogens with one attached hydrogen (secondary N) is 1. The van der Waals surface area contributed by atoms with Gasteiger partial charge in [0, 0.05) is 6.54 Å². The SMILES string of the molecule is CCN(CC(=O)N[C@@H](C)c1ccc(OC)c(OC)c1)S(=O)(=O)c1ccc(OC)c(Cl)c1. The van der Waals surface area contributed by atoms with Gasteiger partial charge in [-0.2, -0.15) is 4.31 Å². The van der Waals surface area contributed by atoms with Gasteiger partial charge in [0.1, 0.15) is 5.75 Å². The van der Waals surface area contributed by atoms with E-state index in [1.54, 1.807) is 39.2 Å². The zero-order chi connectivity index (χ0) is 23.2. The Hall–Kier alpha value is -2.49. The van der Waals surface area contributed by atoms with E-state index < -0.39 is 15.9 Å². The topological polar surface area (TPSA) is 94.2 Å². The van der Waals surface area contributed by atoms with E-state index in [4.69, 9.17) is 25.8 Å². The Morgan fingerprint density at radius 1 is 1.03 bits per heavy atom. The third kappa shape index (κ3) is 5.81. The van der Waals surface area contributed by atoms with Gasteiger partial charge in [-0.1, -0.05) is 24.6 Å². The number of carbonyl (C=O) groups excluding carboxylic acids is 1. The number of nitrogens with zero attached hydrogens (tertiary/aromatic N) is 1. The van der Waals surface area contributed by atoms with Gasteiger partial charge in [-0.3, -0.25) is 4.79 Å². The Bertz CT molecular complexity index is 1030. The minimum Gasteiger partial charge on any atom is -0.495 e. The second kappa shape index (κ2) is 10.7. The average Bonchev–Trinajstić information content (AvgIpc) is 2.76. The van der Waals surface area contributed by atoms with Crippen molar-refractivity contribution in [3.05, 3.63) is 47.0 Å². The molecule has 0 aliphatic heterocycles. The molecule has 2 aromatic carbocycles. The van der Waals surface area contributed by atoms with Crippen LogP contribution in [0.4, 0.5) is 0 Å². The molecule has 31 heavy (non-hydrogen) atoms. The summed E-state index contributed by atoms with van der Waals surface area (Å²) in [6.45, 7) is 3.24. The van der Waals surface area contributed by atoms with Crippen LogP contribution in [0.1, 0.15) is 25.5 Å². The molecular weight excluding hydrogens is 444 g/mol. The average molecular weight is 471 g/mol. The van der Waals surface area contributed by atoms with E-state index in [0.717, 1.165) is 9.87 Å². The first-order chi connectivity index (χ1) is 14.7. The van der Waals surface area contributed by atoms with Crippen molar-refractivity contribution >= 4 is 27.5 Å². The normalized spacial score (nSPS) is 12.4. The molecule has 0 radical (unpaired) electrons. The predicted molar refractivity (Wildman–Crippen MR) is 119 cm³/mol. The summed E-state index contributed by atoms with van der Waals surface area (Å²) in [6.07, 6.45) is 0. The molecule has 1 amide bonds. The van der Waals surface area contributed by atoms with Gasteiger partial charge in [-0.25, -0.2) is 8.42 Å². The van der Waals surface area contributed by atoms with Crippen molar-refractivity contribution in [1.29, 1.82) is 0 Å². The monoisotopic (exact) mass is 470 g/mol. The molecule has 0 heterocycles. The fraction of sp³-hybridized carbons (Fsp3) is 0.381. The first-order valence-corrected chi connectivity index (χ1v) is 11.3. The van der Waals surface area contributed by atoms with Crippen LogP contribution in [-0.2, 0) is 14.8 Å². The van der Waals surface area contributed by atoms with E-state index in [9.17, 15) is 13.2 Å². The quantitative estimate of drug-likeness (QED) is 0.572. The number of ether oxygens (including phenoxy) is 3. The molecule has 10 heteroatoms. The number of likely N-dealkylation sites (N-methyl/N-ethyl adjacent to an activating group) is 1. The lowest BCUT2D eigenvalue weighted by molar-refractivity contribution is -0.121. The molecule has 0 aliphatic carbocycles. The second-order valence-electron chi connectivity index (χ2n) is 6.63. The van der Waals surface area contributed by atoms with Gasteiger partial charge in [-0.15, -0.1) is 0 Å². The van der Waals surface area contributed by atoms with E-state index in [2.05, 4.69) is 5.32 Å². The molecule has 1 atom stereocenters. The molecule has 2 aromatic rings. The minimum atomic E-state index is -3.92. The van der Waals surface area contributed by atoms with E-state index >= 15 is 0 Å². The lowest BCUT2D eigenvalue weighted by Gasteiger charge is -2.22. The van der Waals surface area contributed by atoms with Crippen molar-refractivity contribution in [3.63, 3.8) is 0 Å². The van der Waals surface area contributed by atoms with E-state index in [1.807, 2.05) is 0 Å². The predicted octanol–water partition coefficient (Wildman–Crippen LogP) is 3.25. The maximum Gasteiger partial charge on any atom is 0.243 e. The molecule has 0 saturated heterocycles.